The number of benzene rings is 1. The van der Waals surface area contributed by atoms with Crippen molar-refractivity contribution in [3.63, 3.8) is 0 Å². The molecule has 0 N–H and O–H groups in total. The predicted octanol–water partition coefficient (Wildman–Crippen LogP) is 1.52. The van der Waals surface area contributed by atoms with Crippen LogP contribution in [0.4, 0.5) is 0 Å². The third-order valence-corrected chi connectivity index (χ3v) is 2.82. The van der Waals surface area contributed by atoms with Gasteiger partial charge in [0.1, 0.15) is 25.1 Å². The SMILES string of the molecule is Cc1ccc(OC2(COCC3CO3)CO2)cc1. The van der Waals surface area contributed by atoms with E-state index in [0.717, 1.165) is 12.4 Å². The van der Waals surface area contributed by atoms with Crippen LogP contribution in [0.3, 0.4) is 0 Å². The molecule has 17 heavy (non-hydrogen) atoms. The number of aryl methyl sites for hydroxylation is 1. The van der Waals surface area contributed by atoms with E-state index in [0.29, 0.717) is 19.8 Å². The van der Waals surface area contributed by atoms with Crippen LogP contribution in [0.25, 0.3) is 0 Å². The van der Waals surface area contributed by atoms with E-state index >= 15 is 0 Å². The molecule has 1 aromatic rings. The Morgan fingerprint density at radius 1 is 1.35 bits per heavy atom. The molecule has 0 aromatic heterocycles. The molecule has 0 spiro atoms. The molecule has 4 nitrogen and oxygen atoms in total. The van der Waals surface area contributed by atoms with Crippen molar-refractivity contribution in [1.29, 1.82) is 0 Å². The van der Waals surface area contributed by atoms with E-state index in [2.05, 4.69) is 0 Å². The third-order valence-electron chi connectivity index (χ3n) is 2.82. The fourth-order valence-electron chi connectivity index (χ4n) is 1.58. The van der Waals surface area contributed by atoms with Crippen LogP contribution in [0, 0.1) is 6.92 Å². The largest absolute Gasteiger partial charge is 0.457 e. The topological polar surface area (TPSA) is 43.5 Å². The number of epoxide rings is 2. The first-order valence-electron chi connectivity index (χ1n) is 5.85. The Morgan fingerprint density at radius 2 is 2.06 bits per heavy atom. The monoisotopic (exact) mass is 236 g/mol. The Labute approximate surface area is 100 Å². The lowest BCUT2D eigenvalue weighted by atomic mass is 10.2. The van der Waals surface area contributed by atoms with Gasteiger partial charge in [0.15, 0.2) is 0 Å². The van der Waals surface area contributed by atoms with Crippen molar-refractivity contribution in [2.45, 2.75) is 18.8 Å². The van der Waals surface area contributed by atoms with Gasteiger partial charge in [-0.05, 0) is 19.1 Å². The minimum atomic E-state index is -0.565. The van der Waals surface area contributed by atoms with Gasteiger partial charge in [0.25, 0.3) is 5.79 Å². The molecule has 2 saturated heterocycles. The van der Waals surface area contributed by atoms with Crippen LogP contribution >= 0.6 is 0 Å². The molecule has 0 radical (unpaired) electrons. The van der Waals surface area contributed by atoms with Gasteiger partial charge < -0.3 is 18.9 Å². The maximum absolute atomic E-state index is 5.78. The average molecular weight is 236 g/mol. The second kappa shape index (κ2) is 4.29. The zero-order chi connectivity index (χ0) is 11.7. The molecule has 0 bridgehead atoms. The summed E-state index contributed by atoms with van der Waals surface area (Å²) in [5, 5.41) is 0. The summed E-state index contributed by atoms with van der Waals surface area (Å²) >= 11 is 0. The molecule has 0 saturated carbocycles. The number of ether oxygens (including phenoxy) is 4. The van der Waals surface area contributed by atoms with Crippen molar-refractivity contribution in [2.75, 3.05) is 26.4 Å². The molecule has 2 fully saturated rings. The normalized spacial score (nSPS) is 30.1. The summed E-state index contributed by atoms with van der Waals surface area (Å²) in [6.07, 6.45) is 0.283. The van der Waals surface area contributed by atoms with E-state index in [1.807, 2.05) is 31.2 Å². The first-order valence-corrected chi connectivity index (χ1v) is 5.85. The standard InChI is InChI=1S/C13H16O4/c1-10-2-4-11(5-3-10)17-13(9-16-13)8-14-6-12-7-15-12/h2-5,12H,6-9H2,1H3. The molecule has 0 aliphatic carbocycles. The minimum absolute atomic E-state index is 0.283. The summed E-state index contributed by atoms with van der Waals surface area (Å²) in [6.45, 7) is 4.54. The molecule has 0 amide bonds. The Balaban J connectivity index is 1.50. The van der Waals surface area contributed by atoms with Crippen LogP contribution in [0.5, 0.6) is 5.75 Å². The highest BCUT2D eigenvalue weighted by molar-refractivity contribution is 5.27. The van der Waals surface area contributed by atoms with Crippen LogP contribution in [0.15, 0.2) is 24.3 Å². The number of hydrogen-bond acceptors (Lipinski definition) is 4. The Bertz CT molecular complexity index is 379. The molecule has 2 atom stereocenters. The highest BCUT2D eigenvalue weighted by Crippen LogP contribution is 2.31. The van der Waals surface area contributed by atoms with Crippen molar-refractivity contribution >= 4 is 0 Å². The minimum Gasteiger partial charge on any atom is -0.457 e. The van der Waals surface area contributed by atoms with Gasteiger partial charge >= 0.3 is 0 Å². The first kappa shape index (κ1) is 11.0. The van der Waals surface area contributed by atoms with E-state index < -0.39 is 5.79 Å². The molecule has 4 heteroatoms. The molecule has 2 aliphatic rings. The quantitative estimate of drug-likeness (QED) is 0.702. The maximum Gasteiger partial charge on any atom is 0.258 e. The van der Waals surface area contributed by atoms with Crippen LogP contribution in [-0.2, 0) is 14.2 Å². The molecule has 92 valence electrons. The Hall–Kier alpha value is -1.10. The van der Waals surface area contributed by atoms with Crippen LogP contribution in [-0.4, -0.2) is 38.3 Å². The van der Waals surface area contributed by atoms with E-state index in [4.69, 9.17) is 18.9 Å². The lowest BCUT2D eigenvalue weighted by molar-refractivity contribution is -0.0291. The lowest BCUT2D eigenvalue weighted by Gasteiger charge is -2.14. The Kier molecular flexibility index (Phi) is 2.78. The van der Waals surface area contributed by atoms with Crippen molar-refractivity contribution < 1.29 is 18.9 Å². The molecule has 2 heterocycles. The van der Waals surface area contributed by atoms with Gasteiger partial charge in [0.2, 0.25) is 0 Å². The molecule has 2 aliphatic heterocycles. The van der Waals surface area contributed by atoms with Crippen LogP contribution in [0.1, 0.15) is 5.56 Å². The van der Waals surface area contributed by atoms with Gasteiger partial charge in [-0.15, -0.1) is 0 Å². The van der Waals surface area contributed by atoms with Gasteiger partial charge in [-0.2, -0.15) is 0 Å². The zero-order valence-electron chi connectivity index (χ0n) is 9.85. The highest BCUT2D eigenvalue weighted by Gasteiger charge is 2.48. The lowest BCUT2D eigenvalue weighted by Crippen LogP contribution is -2.27. The van der Waals surface area contributed by atoms with E-state index in [1.165, 1.54) is 5.56 Å². The summed E-state index contributed by atoms with van der Waals surface area (Å²) < 4.78 is 21.7. The summed E-state index contributed by atoms with van der Waals surface area (Å²) in [4.78, 5) is 0. The summed E-state index contributed by atoms with van der Waals surface area (Å²) in [7, 11) is 0. The van der Waals surface area contributed by atoms with E-state index in [1.54, 1.807) is 0 Å². The fourth-order valence-corrected chi connectivity index (χ4v) is 1.58. The van der Waals surface area contributed by atoms with Crippen LogP contribution in [0.2, 0.25) is 0 Å². The predicted molar refractivity (Wildman–Crippen MR) is 61.0 cm³/mol. The molecule has 3 rings (SSSR count). The zero-order valence-corrected chi connectivity index (χ0v) is 9.85. The van der Waals surface area contributed by atoms with Gasteiger partial charge in [-0.1, -0.05) is 17.7 Å². The second-order valence-corrected chi connectivity index (χ2v) is 4.58. The third kappa shape index (κ3) is 2.97. The summed E-state index contributed by atoms with van der Waals surface area (Å²) in [5.74, 6) is 0.254. The number of rotatable bonds is 6. The highest BCUT2D eigenvalue weighted by atomic mass is 16.8. The summed E-state index contributed by atoms with van der Waals surface area (Å²) in [6, 6.07) is 7.93. The maximum atomic E-state index is 5.78. The van der Waals surface area contributed by atoms with E-state index in [-0.39, 0.29) is 6.10 Å². The van der Waals surface area contributed by atoms with Gasteiger partial charge in [-0.25, -0.2) is 0 Å². The van der Waals surface area contributed by atoms with Crippen molar-refractivity contribution in [3.05, 3.63) is 29.8 Å². The molecular formula is C13H16O4. The van der Waals surface area contributed by atoms with Crippen molar-refractivity contribution in [1.82, 2.24) is 0 Å². The molecule has 1 aromatic carbocycles. The molecular weight excluding hydrogens is 220 g/mol. The summed E-state index contributed by atoms with van der Waals surface area (Å²) in [5.41, 5.74) is 1.21. The van der Waals surface area contributed by atoms with Crippen LogP contribution < -0.4 is 4.74 Å². The Morgan fingerprint density at radius 3 is 2.65 bits per heavy atom. The van der Waals surface area contributed by atoms with E-state index in [9.17, 15) is 0 Å². The first-order chi connectivity index (χ1) is 8.26. The van der Waals surface area contributed by atoms with Gasteiger partial charge in [-0.3, -0.25) is 0 Å². The number of hydrogen-bond donors (Lipinski definition) is 0. The van der Waals surface area contributed by atoms with Crippen molar-refractivity contribution in [2.24, 2.45) is 0 Å². The smallest absolute Gasteiger partial charge is 0.258 e. The van der Waals surface area contributed by atoms with Gasteiger partial charge in [0.05, 0.1) is 13.2 Å². The fraction of sp³-hybridized carbons (Fsp3) is 0.538. The average Bonchev–Trinajstić information content (AvgIpc) is 3.20. The van der Waals surface area contributed by atoms with Gasteiger partial charge in [0, 0.05) is 0 Å². The molecule has 2 unspecified atom stereocenters. The van der Waals surface area contributed by atoms with Crippen molar-refractivity contribution in [3.8, 4) is 5.75 Å². The second-order valence-electron chi connectivity index (χ2n) is 4.58.